The Hall–Kier alpha value is -1.32. The van der Waals surface area contributed by atoms with E-state index in [1.54, 1.807) is 0 Å². The number of nitrogens with zero attached hydrogens (tertiary/aromatic N) is 1. The Balaban J connectivity index is 1.50. The van der Waals surface area contributed by atoms with E-state index in [0.29, 0.717) is 5.82 Å². The number of aromatic amines is 1. The van der Waals surface area contributed by atoms with Crippen LogP contribution in [0.4, 0.5) is 5.82 Å². The van der Waals surface area contributed by atoms with Crippen LogP contribution >= 0.6 is 0 Å². The average molecular weight is 289 g/mol. The maximum atomic E-state index is 12.2. The van der Waals surface area contributed by atoms with Crippen LogP contribution in [0.1, 0.15) is 69.9 Å². The lowest BCUT2D eigenvalue weighted by Crippen LogP contribution is -2.24. The van der Waals surface area contributed by atoms with Crippen LogP contribution in [0.5, 0.6) is 0 Å². The second-order valence-corrected chi connectivity index (χ2v) is 6.81. The fraction of sp³-hybridized carbons (Fsp3) is 0.765. The molecule has 2 aliphatic rings. The number of carbonyl (C=O) groups is 1. The number of carbonyl (C=O) groups excluding carboxylic acids is 1. The highest BCUT2D eigenvalue weighted by Crippen LogP contribution is 2.27. The lowest BCUT2D eigenvalue weighted by molar-refractivity contribution is -0.120. The zero-order valence-corrected chi connectivity index (χ0v) is 12.9. The van der Waals surface area contributed by atoms with E-state index >= 15 is 0 Å². The van der Waals surface area contributed by atoms with Gasteiger partial charge in [0.25, 0.3) is 0 Å². The molecule has 2 saturated carbocycles. The standard InChI is InChI=1S/C17H27N3O/c21-17(14-9-5-2-6-10-14)18-16-12-15(19-20-16)11-13-7-3-1-4-8-13/h12-14H,1-11H2,(H2,18,19,20,21). The van der Waals surface area contributed by atoms with Gasteiger partial charge in [0, 0.05) is 17.7 Å². The molecule has 1 heterocycles. The molecule has 0 radical (unpaired) electrons. The second kappa shape index (κ2) is 7.10. The molecule has 0 saturated heterocycles. The Morgan fingerprint density at radius 2 is 1.76 bits per heavy atom. The number of amides is 1. The average Bonchev–Trinajstić information content (AvgIpc) is 2.96. The SMILES string of the molecule is O=C(Nc1cc(CC2CCCCC2)[nH]n1)C1CCCCC1. The van der Waals surface area contributed by atoms with Crippen LogP contribution in [-0.4, -0.2) is 16.1 Å². The summed E-state index contributed by atoms with van der Waals surface area (Å²) in [6.07, 6.45) is 13.6. The highest BCUT2D eigenvalue weighted by molar-refractivity contribution is 5.91. The van der Waals surface area contributed by atoms with Crippen molar-refractivity contribution in [3.8, 4) is 0 Å². The number of hydrogen-bond acceptors (Lipinski definition) is 2. The van der Waals surface area contributed by atoms with Crippen molar-refractivity contribution in [3.05, 3.63) is 11.8 Å². The third kappa shape index (κ3) is 4.08. The lowest BCUT2D eigenvalue weighted by Gasteiger charge is -2.20. The highest BCUT2D eigenvalue weighted by atomic mass is 16.1. The summed E-state index contributed by atoms with van der Waals surface area (Å²) in [7, 11) is 0. The summed E-state index contributed by atoms with van der Waals surface area (Å²) in [5.74, 6) is 1.85. The van der Waals surface area contributed by atoms with E-state index in [1.165, 1.54) is 57.1 Å². The van der Waals surface area contributed by atoms with Gasteiger partial charge in [0.15, 0.2) is 5.82 Å². The van der Waals surface area contributed by atoms with Crippen molar-refractivity contribution in [1.29, 1.82) is 0 Å². The maximum Gasteiger partial charge on any atom is 0.228 e. The van der Waals surface area contributed by atoms with E-state index in [-0.39, 0.29) is 11.8 Å². The van der Waals surface area contributed by atoms with Crippen LogP contribution < -0.4 is 5.32 Å². The van der Waals surface area contributed by atoms with Crippen LogP contribution in [0.25, 0.3) is 0 Å². The summed E-state index contributed by atoms with van der Waals surface area (Å²) in [5, 5.41) is 10.3. The Kier molecular flexibility index (Phi) is 4.94. The molecule has 0 aromatic carbocycles. The third-order valence-electron chi connectivity index (χ3n) is 5.09. The van der Waals surface area contributed by atoms with Crippen molar-refractivity contribution >= 4 is 11.7 Å². The van der Waals surface area contributed by atoms with Crippen molar-refractivity contribution in [2.75, 3.05) is 5.32 Å². The normalized spacial score (nSPS) is 21.3. The van der Waals surface area contributed by atoms with Crippen LogP contribution in [0.15, 0.2) is 6.07 Å². The number of H-pyrrole nitrogens is 1. The monoisotopic (exact) mass is 289 g/mol. The molecule has 0 atom stereocenters. The number of nitrogens with one attached hydrogen (secondary N) is 2. The summed E-state index contributed by atoms with van der Waals surface area (Å²) < 4.78 is 0. The van der Waals surface area contributed by atoms with Crippen LogP contribution in [0.3, 0.4) is 0 Å². The van der Waals surface area contributed by atoms with Crippen molar-refractivity contribution in [1.82, 2.24) is 10.2 Å². The minimum atomic E-state index is 0.158. The van der Waals surface area contributed by atoms with E-state index in [0.717, 1.165) is 25.2 Å². The van der Waals surface area contributed by atoms with Gasteiger partial charge in [-0.3, -0.25) is 9.89 Å². The number of hydrogen-bond donors (Lipinski definition) is 2. The molecule has 116 valence electrons. The molecule has 0 aliphatic heterocycles. The summed E-state index contributed by atoms with van der Waals surface area (Å²) in [6, 6.07) is 2.02. The molecular weight excluding hydrogens is 262 g/mol. The van der Waals surface area contributed by atoms with E-state index in [2.05, 4.69) is 15.5 Å². The first-order valence-electron chi connectivity index (χ1n) is 8.66. The molecule has 2 fully saturated rings. The predicted octanol–water partition coefficient (Wildman–Crippen LogP) is 4.05. The van der Waals surface area contributed by atoms with Gasteiger partial charge in [0.05, 0.1) is 0 Å². The first-order chi connectivity index (χ1) is 10.3. The van der Waals surface area contributed by atoms with Gasteiger partial charge < -0.3 is 5.32 Å². The molecule has 0 spiro atoms. The quantitative estimate of drug-likeness (QED) is 0.878. The number of anilines is 1. The first kappa shape index (κ1) is 14.6. The predicted molar refractivity (Wildman–Crippen MR) is 84.1 cm³/mol. The molecule has 3 rings (SSSR count). The third-order valence-corrected chi connectivity index (χ3v) is 5.09. The zero-order valence-electron chi connectivity index (χ0n) is 12.9. The Morgan fingerprint density at radius 3 is 2.48 bits per heavy atom. The molecular formula is C17H27N3O. The summed E-state index contributed by atoms with van der Waals surface area (Å²) in [6.45, 7) is 0. The topological polar surface area (TPSA) is 57.8 Å². The Labute approximate surface area is 127 Å². The van der Waals surface area contributed by atoms with Gasteiger partial charge in [0.2, 0.25) is 5.91 Å². The minimum Gasteiger partial charge on any atom is -0.309 e. The van der Waals surface area contributed by atoms with Crippen molar-refractivity contribution in [3.63, 3.8) is 0 Å². The molecule has 2 N–H and O–H groups in total. The van der Waals surface area contributed by atoms with E-state index < -0.39 is 0 Å². The minimum absolute atomic E-state index is 0.158. The smallest absolute Gasteiger partial charge is 0.228 e. The largest absolute Gasteiger partial charge is 0.309 e. The van der Waals surface area contributed by atoms with Gasteiger partial charge in [-0.1, -0.05) is 51.4 Å². The zero-order chi connectivity index (χ0) is 14.5. The van der Waals surface area contributed by atoms with Gasteiger partial charge in [-0.05, 0) is 25.2 Å². The molecule has 4 nitrogen and oxygen atoms in total. The van der Waals surface area contributed by atoms with Gasteiger partial charge in [0.1, 0.15) is 0 Å². The second-order valence-electron chi connectivity index (χ2n) is 6.81. The fourth-order valence-corrected chi connectivity index (χ4v) is 3.83. The van der Waals surface area contributed by atoms with E-state index in [1.807, 2.05) is 6.07 Å². The summed E-state index contributed by atoms with van der Waals surface area (Å²) in [5.41, 5.74) is 1.17. The number of aromatic nitrogens is 2. The first-order valence-corrected chi connectivity index (χ1v) is 8.66. The van der Waals surface area contributed by atoms with Gasteiger partial charge in [-0.2, -0.15) is 5.10 Å². The summed E-state index contributed by atoms with van der Waals surface area (Å²) >= 11 is 0. The molecule has 1 aromatic heterocycles. The molecule has 0 bridgehead atoms. The van der Waals surface area contributed by atoms with E-state index in [4.69, 9.17) is 0 Å². The van der Waals surface area contributed by atoms with Crippen LogP contribution in [0, 0.1) is 11.8 Å². The highest BCUT2D eigenvalue weighted by Gasteiger charge is 2.22. The molecule has 2 aliphatic carbocycles. The van der Waals surface area contributed by atoms with Crippen LogP contribution in [0.2, 0.25) is 0 Å². The molecule has 4 heteroatoms. The molecule has 0 unspecified atom stereocenters. The lowest BCUT2D eigenvalue weighted by atomic mass is 9.86. The van der Waals surface area contributed by atoms with Gasteiger partial charge >= 0.3 is 0 Å². The van der Waals surface area contributed by atoms with Crippen molar-refractivity contribution in [2.24, 2.45) is 11.8 Å². The van der Waals surface area contributed by atoms with Crippen LogP contribution in [-0.2, 0) is 11.2 Å². The van der Waals surface area contributed by atoms with Gasteiger partial charge in [-0.15, -0.1) is 0 Å². The molecule has 1 aromatic rings. The maximum absolute atomic E-state index is 12.2. The van der Waals surface area contributed by atoms with Crippen molar-refractivity contribution in [2.45, 2.75) is 70.6 Å². The fourth-order valence-electron chi connectivity index (χ4n) is 3.83. The molecule has 1 amide bonds. The van der Waals surface area contributed by atoms with Crippen molar-refractivity contribution < 1.29 is 4.79 Å². The summed E-state index contributed by atoms with van der Waals surface area (Å²) in [4.78, 5) is 12.2. The Morgan fingerprint density at radius 1 is 1.10 bits per heavy atom. The van der Waals surface area contributed by atoms with Gasteiger partial charge in [-0.25, -0.2) is 0 Å². The number of rotatable bonds is 4. The molecule has 21 heavy (non-hydrogen) atoms. The van der Waals surface area contributed by atoms with E-state index in [9.17, 15) is 4.79 Å². The Bertz CT molecular complexity index is 456.